The number of rotatable bonds is 8. The van der Waals surface area contributed by atoms with E-state index in [9.17, 15) is 9.59 Å². The zero-order valence-corrected chi connectivity index (χ0v) is 16.6. The number of amides is 2. The Hall–Kier alpha value is -1.88. The molecule has 5 heteroatoms. The molecule has 0 atom stereocenters. The monoisotopic (exact) mass is 372 g/mol. The Kier molecular flexibility index (Phi) is 6.53. The normalized spacial score (nSPS) is 18.6. The third kappa shape index (κ3) is 4.70. The predicted molar refractivity (Wildman–Crippen MR) is 105 cm³/mol. The van der Waals surface area contributed by atoms with E-state index in [1.54, 1.807) is 0 Å². The van der Waals surface area contributed by atoms with Crippen molar-refractivity contribution in [1.29, 1.82) is 0 Å². The van der Waals surface area contributed by atoms with Gasteiger partial charge in [-0.3, -0.25) is 9.59 Å². The maximum Gasteiger partial charge on any atom is 0.254 e. The number of fused-ring (bicyclic) bond motifs is 1. The van der Waals surface area contributed by atoms with Gasteiger partial charge in [-0.25, -0.2) is 0 Å². The summed E-state index contributed by atoms with van der Waals surface area (Å²) in [7, 11) is 0. The van der Waals surface area contributed by atoms with Gasteiger partial charge in [-0.1, -0.05) is 37.5 Å². The quantitative estimate of drug-likeness (QED) is 0.709. The van der Waals surface area contributed by atoms with E-state index < -0.39 is 0 Å². The maximum absolute atomic E-state index is 13.0. The second kappa shape index (κ2) is 8.87. The van der Waals surface area contributed by atoms with Gasteiger partial charge in [0.2, 0.25) is 5.91 Å². The third-order valence-corrected chi connectivity index (χ3v) is 5.76. The number of benzene rings is 1. The van der Waals surface area contributed by atoms with E-state index in [2.05, 4.69) is 5.32 Å². The van der Waals surface area contributed by atoms with Crippen molar-refractivity contribution in [2.75, 3.05) is 13.2 Å². The summed E-state index contributed by atoms with van der Waals surface area (Å²) in [5.74, 6) is 0.135. The van der Waals surface area contributed by atoms with Gasteiger partial charge in [-0.05, 0) is 44.7 Å². The highest BCUT2D eigenvalue weighted by atomic mass is 16.5. The molecule has 1 aliphatic heterocycles. The molecule has 5 nitrogen and oxygen atoms in total. The van der Waals surface area contributed by atoms with Crippen LogP contribution in [0.1, 0.15) is 74.7 Å². The van der Waals surface area contributed by atoms with Crippen LogP contribution in [0.4, 0.5) is 0 Å². The summed E-state index contributed by atoms with van der Waals surface area (Å²) in [6.07, 6.45) is 6.60. The van der Waals surface area contributed by atoms with Crippen LogP contribution in [-0.2, 0) is 16.1 Å². The summed E-state index contributed by atoms with van der Waals surface area (Å²) < 4.78 is 5.52. The van der Waals surface area contributed by atoms with E-state index in [4.69, 9.17) is 4.74 Å². The van der Waals surface area contributed by atoms with Crippen molar-refractivity contribution in [1.82, 2.24) is 10.2 Å². The van der Waals surface area contributed by atoms with Gasteiger partial charge in [0.15, 0.2) is 0 Å². The average Bonchev–Trinajstić information content (AvgIpc) is 3.00. The van der Waals surface area contributed by atoms with Gasteiger partial charge < -0.3 is 15.0 Å². The van der Waals surface area contributed by atoms with Gasteiger partial charge in [0.25, 0.3) is 5.91 Å². The minimum atomic E-state index is -0.340. The average molecular weight is 373 g/mol. The van der Waals surface area contributed by atoms with E-state index in [1.807, 2.05) is 43.0 Å². The number of carbonyl (C=O) groups excluding carboxylic acids is 2. The van der Waals surface area contributed by atoms with Gasteiger partial charge in [-0.15, -0.1) is 0 Å². The minimum absolute atomic E-state index is 0.0465. The molecule has 1 aromatic rings. The summed E-state index contributed by atoms with van der Waals surface area (Å²) in [6, 6.07) is 7.83. The molecule has 3 rings (SSSR count). The smallest absolute Gasteiger partial charge is 0.254 e. The highest BCUT2D eigenvalue weighted by Crippen LogP contribution is 2.41. The van der Waals surface area contributed by atoms with Crippen LogP contribution in [0.15, 0.2) is 24.3 Å². The van der Waals surface area contributed by atoms with Crippen molar-refractivity contribution >= 4 is 11.8 Å². The first-order valence-corrected chi connectivity index (χ1v) is 10.3. The molecule has 1 heterocycles. The van der Waals surface area contributed by atoms with Crippen LogP contribution in [0.2, 0.25) is 0 Å². The summed E-state index contributed by atoms with van der Waals surface area (Å²) in [4.78, 5) is 27.7. The molecule has 148 valence electrons. The van der Waals surface area contributed by atoms with Gasteiger partial charge >= 0.3 is 0 Å². The van der Waals surface area contributed by atoms with Crippen LogP contribution in [0.25, 0.3) is 0 Å². The van der Waals surface area contributed by atoms with Gasteiger partial charge in [0.05, 0.1) is 11.6 Å². The summed E-state index contributed by atoms with van der Waals surface area (Å²) in [5, 5.41) is 3.03. The molecule has 0 saturated heterocycles. The Balaban J connectivity index is 1.62. The van der Waals surface area contributed by atoms with Crippen LogP contribution < -0.4 is 5.32 Å². The topological polar surface area (TPSA) is 58.6 Å². The fraction of sp³-hybridized carbons (Fsp3) is 0.636. The second-order valence-corrected chi connectivity index (χ2v) is 8.13. The summed E-state index contributed by atoms with van der Waals surface area (Å²) >= 11 is 0. The van der Waals surface area contributed by atoms with E-state index in [1.165, 1.54) is 6.42 Å². The van der Waals surface area contributed by atoms with E-state index in [-0.39, 0.29) is 23.5 Å². The zero-order chi connectivity index (χ0) is 19.3. The van der Waals surface area contributed by atoms with Crippen molar-refractivity contribution in [3.8, 4) is 0 Å². The first-order valence-electron chi connectivity index (χ1n) is 10.3. The van der Waals surface area contributed by atoms with Crippen LogP contribution in [0.5, 0.6) is 0 Å². The lowest BCUT2D eigenvalue weighted by Gasteiger charge is -2.44. The Morgan fingerprint density at radius 1 is 1.22 bits per heavy atom. The van der Waals surface area contributed by atoms with Crippen molar-refractivity contribution in [3.05, 3.63) is 35.4 Å². The first kappa shape index (κ1) is 19.9. The maximum atomic E-state index is 13.0. The third-order valence-electron chi connectivity index (χ3n) is 5.76. The highest BCUT2D eigenvalue weighted by molar-refractivity contribution is 5.99. The predicted octanol–water partition coefficient (Wildman–Crippen LogP) is 3.67. The van der Waals surface area contributed by atoms with Crippen LogP contribution in [0.3, 0.4) is 0 Å². The molecular weight excluding hydrogens is 340 g/mol. The molecule has 1 aromatic carbocycles. The van der Waals surface area contributed by atoms with E-state index >= 15 is 0 Å². The molecule has 0 unspecified atom stereocenters. The Morgan fingerprint density at radius 3 is 2.67 bits per heavy atom. The van der Waals surface area contributed by atoms with Gasteiger partial charge in [0, 0.05) is 31.7 Å². The van der Waals surface area contributed by atoms with Gasteiger partial charge in [-0.2, -0.15) is 0 Å². The molecule has 1 aliphatic carbocycles. The van der Waals surface area contributed by atoms with Crippen LogP contribution >= 0.6 is 0 Å². The first-order chi connectivity index (χ1) is 13.0. The lowest BCUT2D eigenvalue weighted by Crippen LogP contribution is -2.52. The fourth-order valence-electron chi connectivity index (χ4n) is 4.37. The van der Waals surface area contributed by atoms with E-state index in [0.29, 0.717) is 26.1 Å². The zero-order valence-electron chi connectivity index (χ0n) is 16.6. The lowest BCUT2D eigenvalue weighted by atomic mass is 9.77. The molecule has 0 bridgehead atoms. The van der Waals surface area contributed by atoms with Crippen LogP contribution in [0, 0.1) is 0 Å². The van der Waals surface area contributed by atoms with Crippen molar-refractivity contribution < 1.29 is 14.3 Å². The molecule has 0 radical (unpaired) electrons. The number of nitrogens with zero attached hydrogens (tertiary/aromatic N) is 1. The molecule has 2 aliphatic rings. The molecule has 1 fully saturated rings. The molecule has 0 aromatic heterocycles. The molecule has 2 amide bonds. The summed E-state index contributed by atoms with van der Waals surface area (Å²) in [6.45, 7) is 5.93. The fourth-order valence-corrected chi connectivity index (χ4v) is 4.37. The van der Waals surface area contributed by atoms with Crippen LogP contribution in [-0.4, -0.2) is 41.5 Å². The molecule has 1 N–H and O–H groups in total. The van der Waals surface area contributed by atoms with E-state index in [0.717, 1.165) is 43.2 Å². The number of carbonyl (C=O) groups is 2. The number of hydrogen-bond acceptors (Lipinski definition) is 3. The number of hydrogen-bond donors (Lipinski definition) is 1. The molecule has 0 spiro atoms. The van der Waals surface area contributed by atoms with Crippen molar-refractivity contribution in [3.63, 3.8) is 0 Å². The minimum Gasteiger partial charge on any atom is -0.379 e. The number of ether oxygens (including phenoxy) is 1. The Labute approximate surface area is 162 Å². The standard InChI is InChI=1S/C22H32N2O3/c1-17(2)27-14-8-13-23-20(25)15-22(11-6-3-7-12-22)24-16-18-9-4-5-10-19(18)21(24)26/h4-5,9-10,17H,3,6-8,11-16H2,1-2H3,(H,23,25). The number of nitrogens with one attached hydrogen (secondary N) is 1. The largest absolute Gasteiger partial charge is 0.379 e. The highest BCUT2D eigenvalue weighted by Gasteiger charge is 2.45. The van der Waals surface area contributed by atoms with Crippen molar-refractivity contribution in [2.45, 2.75) is 77.0 Å². The summed E-state index contributed by atoms with van der Waals surface area (Å²) in [5.41, 5.74) is 1.54. The molecule has 27 heavy (non-hydrogen) atoms. The molecule has 1 saturated carbocycles. The molecular formula is C22H32N2O3. The lowest BCUT2D eigenvalue weighted by molar-refractivity contribution is -0.124. The Morgan fingerprint density at radius 2 is 1.96 bits per heavy atom. The van der Waals surface area contributed by atoms with Crippen molar-refractivity contribution in [2.24, 2.45) is 0 Å². The van der Waals surface area contributed by atoms with Gasteiger partial charge in [0.1, 0.15) is 0 Å². The Bertz CT molecular complexity index is 665. The SMILES string of the molecule is CC(C)OCCCNC(=O)CC1(N2Cc3ccccc3C2=O)CCCCC1. The second-order valence-electron chi connectivity index (χ2n) is 8.13.